The topological polar surface area (TPSA) is 42.0 Å². The summed E-state index contributed by atoms with van der Waals surface area (Å²) < 4.78 is 0. The highest BCUT2D eigenvalue weighted by Crippen LogP contribution is 2.26. The maximum absolute atomic E-state index is 12.7. The molecule has 1 amide bonds. The van der Waals surface area contributed by atoms with E-state index in [1.54, 1.807) is 6.20 Å². The SMILES string of the molecule is Cc1ccccc1C(C(=O)NCCC(C)C)c1ccccn1. The van der Waals surface area contributed by atoms with Gasteiger partial charge >= 0.3 is 0 Å². The third-order valence-corrected chi connectivity index (χ3v) is 3.77. The lowest BCUT2D eigenvalue weighted by molar-refractivity contribution is -0.121. The number of carbonyl (C=O) groups is 1. The van der Waals surface area contributed by atoms with Crippen LogP contribution in [0.1, 0.15) is 43.0 Å². The summed E-state index contributed by atoms with van der Waals surface area (Å²) in [6.45, 7) is 7.05. The second-order valence-electron chi connectivity index (χ2n) is 6.02. The molecular weight excluding hydrogens is 272 g/mol. The van der Waals surface area contributed by atoms with E-state index in [-0.39, 0.29) is 11.8 Å². The minimum Gasteiger partial charge on any atom is -0.355 e. The third kappa shape index (κ3) is 4.17. The van der Waals surface area contributed by atoms with Gasteiger partial charge in [0.1, 0.15) is 5.92 Å². The Hall–Kier alpha value is -2.16. The second-order valence-corrected chi connectivity index (χ2v) is 6.02. The number of carbonyl (C=O) groups excluding carboxylic acids is 1. The molecule has 0 saturated heterocycles. The molecule has 116 valence electrons. The van der Waals surface area contributed by atoms with Gasteiger partial charge in [-0.2, -0.15) is 0 Å². The first-order valence-electron chi connectivity index (χ1n) is 7.83. The Bertz CT molecular complexity index is 608. The Labute approximate surface area is 132 Å². The van der Waals surface area contributed by atoms with E-state index in [0.717, 1.165) is 23.2 Å². The maximum Gasteiger partial charge on any atom is 0.233 e. The fourth-order valence-electron chi connectivity index (χ4n) is 2.48. The van der Waals surface area contributed by atoms with Crippen molar-refractivity contribution in [3.8, 4) is 0 Å². The zero-order valence-corrected chi connectivity index (χ0v) is 13.5. The van der Waals surface area contributed by atoms with Crippen molar-refractivity contribution < 1.29 is 4.79 Å². The molecule has 1 aromatic carbocycles. The Morgan fingerprint density at radius 2 is 1.86 bits per heavy atom. The molecule has 1 heterocycles. The van der Waals surface area contributed by atoms with Gasteiger partial charge in [0.15, 0.2) is 0 Å². The smallest absolute Gasteiger partial charge is 0.233 e. The molecule has 1 atom stereocenters. The molecule has 2 aromatic rings. The molecule has 1 aromatic heterocycles. The molecule has 0 spiro atoms. The van der Waals surface area contributed by atoms with Crippen LogP contribution in [0, 0.1) is 12.8 Å². The quantitative estimate of drug-likeness (QED) is 0.883. The number of benzene rings is 1. The van der Waals surface area contributed by atoms with Crippen LogP contribution in [-0.4, -0.2) is 17.4 Å². The van der Waals surface area contributed by atoms with E-state index in [1.165, 1.54) is 0 Å². The molecule has 0 bridgehead atoms. The van der Waals surface area contributed by atoms with E-state index < -0.39 is 0 Å². The molecule has 3 nitrogen and oxygen atoms in total. The zero-order valence-electron chi connectivity index (χ0n) is 13.5. The van der Waals surface area contributed by atoms with Crippen molar-refractivity contribution in [1.82, 2.24) is 10.3 Å². The molecule has 1 unspecified atom stereocenters. The second kappa shape index (κ2) is 7.74. The predicted molar refractivity (Wildman–Crippen MR) is 89.7 cm³/mol. The van der Waals surface area contributed by atoms with Gasteiger partial charge < -0.3 is 5.32 Å². The number of pyridine rings is 1. The number of nitrogens with zero attached hydrogens (tertiary/aromatic N) is 1. The third-order valence-electron chi connectivity index (χ3n) is 3.77. The Balaban J connectivity index is 2.27. The molecule has 2 rings (SSSR count). The van der Waals surface area contributed by atoms with Gasteiger partial charge in [-0.25, -0.2) is 0 Å². The van der Waals surface area contributed by atoms with Crippen molar-refractivity contribution in [1.29, 1.82) is 0 Å². The van der Waals surface area contributed by atoms with Crippen LogP contribution < -0.4 is 5.32 Å². The number of hydrogen-bond donors (Lipinski definition) is 1. The van der Waals surface area contributed by atoms with Gasteiger partial charge in [0.05, 0.1) is 5.69 Å². The number of aryl methyl sites for hydroxylation is 1. The normalized spacial score (nSPS) is 12.2. The Kier molecular flexibility index (Phi) is 5.70. The molecule has 0 aliphatic heterocycles. The summed E-state index contributed by atoms with van der Waals surface area (Å²) in [4.78, 5) is 17.1. The van der Waals surface area contributed by atoms with Crippen LogP contribution in [0.3, 0.4) is 0 Å². The summed E-state index contributed by atoms with van der Waals surface area (Å²) in [5.41, 5.74) is 2.92. The highest BCUT2D eigenvalue weighted by Gasteiger charge is 2.24. The lowest BCUT2D eigenvalue weighted by Crippen LogP contribution is -2.32. The van der Waals surface area contributed by atoms with Gasteiger partial charge in [0.25, 0.3) is 0 Å². The zero-order chi connectivity index (χ0) is 15.9. The maximum atomic E-state index is 12.7. The first kappa shape index (κ1) is 16.2. The van der Waals surface area contributed by atoms with E-state index in [0.29, 0.717) is 12.5 Å². The van der Waals surface area contributed by atoms with Crippen LogP contribution in [0.15, 0.2) is 48.7 Å². The average Bonchev–Trinajstić information content (AvgIpc) is 2.50. The lowest BCUT2D eigenvalue weighted by atomic mass is 9.90. The monoisotopic (exact) mass is 296 g/mol. The summed E-state index contributed by atoms with van der Waals surface area (Å²) in [7, 11) is 0. The first-order chi connectivity index (χ1) is 10.6. The van der Waals surface area contributed by atoms with E-state index in [4.69, 9.17) is 0 Å². The fourth-order valence-corrected chi connectivity index (χ4v) is 2.48. The van der Waals surface area contributed by atoms with Crippen LogP contribution in [0.2, 0.25) is 0 Å². The van der Waals surface area contributed by atoms with Gasteiger partial charge in [-0.1, -0.05) is 44.2 Å². The van der Waals surface area contributed by atoms with Gasteiger partial charge in [0, 0.05) is 12.7 Å². The van der Waals surface area contributed by atoms with Crippen molar-refractivity contribution in [3.63, 3.8) is 0 Å². The number of aromatic nitrogens is 1. The number of rotatable bonds is 6. The van der Waals surface area contributed by atoms with Crippen molar-refractivity contribution in [3.05, 3.63) is 65.5 Å². The molecule has 22 heavy (non-hydrogen) atoms. The van der Waals surface area contributed by atoms with Crippen molar-refractivity contribution in [2.45, 2.75) is 33.1 Å². The molecule has 0 fully saturated rings. The number of nitrogens with one attached hydrogen (secondary N) is 1. The lowest BCUT2D eigenvalue weighted by Gasteiger charge is -2.19. The predicted octanol–water partition coefficient (Wildman–Crippen LogP) is 3.68. The minimum absolute atomic E-state index is 0.0219. The number of amides is 1. The van der Waals surface area contributed by atoms with Crippen LogP contribution in [0.5, 0.6) is 0 Å². The van der Waals surface area contributed by atoms with Gasteiger partial charge in [-0.3, -0.25) is 9.78 Å². The average molecular weight is 296 g/mol. The summed E-state index contributed by atoms with van der Waals surface area (Å²) >= 11 is 0. The van der Waals surface area contributed by atoms with Crippen LogP contribution in [0.25, 0.3) is 0 Å². The van der Waals surface area contributed by atoms with Crippen molar-refractivity contribution in [2.75, 3.05) is 6.54 Å². The van der Waals surface area contributed by atoms with E-state index in [1.807, 2.05) is 49.4 Å². The fraction of sp³-hybridized carbons (Fsp3) is 0.368. The first-order valence-corrected chi connectivity index (χ1v) is 7.83. The highest BCUT2D eigenvalue weighted by molar-refractivity contribution is 5.87. The molecular formula is C19H24N2O. The summed E-state index contributed by atoms with van der Waals surface area (Å²) in [6.07, 6.45) is 2.72. The summed E-state index contributed by atoms with van der Waals surface area (Å²) in [6, 6.07) is 13.7. The van der Waals surface area contributed by atoms with Crippen molar-refractivity contribution >= 4 is 5.91 Å². The van der Waals surface area contributed by atoms with Gasteiger partial charge in [0.2, 0.25) is 5.91 Å². The van der Waals surface area contributed by atoms with Crippen LogP contribution in [0.4, 0.5) is 0 Å². The van der Waals surface area contributed by atoms with E-state index in [9.17, 15) is 4.79 Å². The largest absolute Gasteiger partial charge is 0.355 e. The van der Waals surface area contributed by atoms with Gasteiger partial charge in [-0.15, -0.1) is 0 Å². The highest BCUT2D eigenvalue weighted by atomic mass is 16.1. The molecule has 0 aliphatic carbocycles. The Morgan fingerprint density at radius 3 is 2.50 bits per heavy atom. The molecule has 0 radical (unpaired) electrons. The number of hydrogen-bond acceptors (Lipinski definition) is 2. The van der Waals surface area contributed by atoms with Crippen molar-refractivity contribution in [2.24, 2.45) is 5.92 Å². The summed E-state index contributed by atoms with van der Waals surface area (Å²) in [5.74, 6) is 0.246. The molecule has 0 saturated carbocycles. The van der Waals surface area contributed by atoms with Crippen LogP contribution >= 0.6 is 0 Å². The molecule has 0 aliphatic rings. The summed E-state index contributed by atoms with van der Waals surface area (Å²) in [5, 5.41) is 3.06. The Morgan fingerprint density at radius 1 is 1.14 bits per heavy atom. The van der Waals surface area contributed by atoms with Gasteiger partial charge in [-0.05, 0) is 42.5 Å². The molecule has 3 heteroatoms. The standard InChI is InChI=1S/C19H24N2O/c1-14(2)11-13-21-19(22)18(17-10-6-7-12-20-17)16-9-5-4-8-15(16)3/h4-10,12,14,18H,11,13H2,1-3H3,(H,21,22). The minimum atomic E-state index is -0.352. The van der Waals surface area contributed by atoms with Crippen LogP contribution in [-0.2, 0) is 4.79 Å². The van der Waals surface area contributed by atoms with E-state index >= 15 is 0 Å². The molecule has 1 N–H and O–H groups in total. The van der Waals surface area contributed by atoms with E-state index in [2.05, 4.69) is 24.1 Å².